The van der Waals surface area contributed by atoms with Gasteiger partial charge in [0.05, 0.1) is 11.3 Å². The maximum absolute atomic E-state index is 12.7. The van der Waals surface area contributed by atoms with E-state index in [4.69, 9.17) is 0 Å². The van der Waals surface area contributed by atoms with Crippen LogP contribution in [0.1, 0.15) is 48.1 Å². The standard InChI is InChI=1S/C17H18F3N3O/c1-10-5-6-13(22-14(10)16(2,3)4)23-15(24)12-9-11(7-8-21-12)17(18,19)20/h5-9H,1-4H3,(H,22,23,24). The van der Waals surface area contributed by atoms with Crippen molar-refractivity contribution in [1.82, 2.24) is 9.97 Å². The second-order valence-electron chi connectivity index (χ2n) is 6.49. The largest absolute Gasteiger partial charge is 0.416 e. The van der Waals surface area contributed by atoms with Crippen LogP contribution in [0.5, 0.6) is 0 Å². The molecule has 128 valence electrons. The molecule has 0 aliphatic heterocycles. The zero-order valence-corrected chi connectivity index (χ0v) is 13.8. The monoisotopic (exact) mass is 337 g/mol. The van der Waals surface area contributed by atoms with Crippen molar-refractivity contribution in [3.05, 3.63) is 53.0 Å². The number of pyridine rings is 2. The van der Waals surface area contributed by atoms with Crippen molar-refractivity contribution < 1.29 is 18.0 Å². The van der Waals surface area contributed by atoms with Gasteiger partial charge in [0.2, 0.25) is 0 Å². The third kappa shape index (κ3) is 4.10. The first-order valence-electron chi connectivity index (χ1n) is 7.31. The third-order valence-corrected chi connectivity index (χ3v) is 3.37. The number of aryl methyl sites for hydroxylation is 1. The molecule has 24 heavy (non-hydrogen) atoms. The van der Waals surface area contributed by atoms with Crippen LogP contribution in [0.3, 0.4) is 0 Å². The number of carbonyl (C=O) groups excluding carboxylic acids is 1. The fourth-order valence-electron chi connectivity index (χ4n) is 2.27. The number of nitrogens with zero attached hydrogens (tertiary/aromatic N) is 2. The molecule has 0 aromatic carbocycles. The summed E-state index contributed by atoms with van der Waals surface area (Å²) in [5.74, 6) is -0.466. The highest BCUT2D eigenvalue weighted by molar-refractivity contribution is 6.02. The lowest BCUT2D eigenvalue weighted by molar-refractivity contribution is -0.137. The first-order valence-corrected chi connectivity index (χ1v) is 7.31. The minimum atomic E-state index is -4.53. The molecule has 7 heteroatoms. The molecule has 0 bridgehead atoms. The molecule has 2 aromatic rings. The van der Waals surface area contributed by atoms with Crippen molar-refractivity contribution in [2.24, 2.45) is 0 Å². The smallest absolute Gasteiger partial charge is 0.305 e. The van der Waals surface area contributed by atoms with E-state index < -0.39 is 17.6 Å². The molecule has 0 radical (unpaired) electrons. The number of hydrogen-bond donors (Lipinski definition) is 1. The van der Waals surface area contributed by atoms with Gasteiger partial charge in [-0.25, -0.2) is 4.98 Å². The Morgan fingerprint density at radius 3 is 2.38 bits per heavy atom. The van der Waals surface area contributed by atoms with Crippen LogP contribution < -0.4 is 5.32 Å². The number of aromatic nitrogens is 2. The van der Waals surface area contributed by atoms with E-state index >= 15 is 0 Å². The number of amides is 1. The summed E-state index contributed by atoms with van der Waals surface area (Å²) >= 11 is 0. The molecule has 4 nitrogen and oxygen atoms in total. The summed E-state index contributed by atoms with van der Waals surface area (Å²) in [6, 6.07) is 4.95. The van der Waals surface area contributed by atoms with Crippen LogP contribution in [0.2, 0.25) is 0 Å². The Bertz CT molecular complexity index is 764. The first kappa shape index (κ1) is 17.9. The van der Waals surface area contributed by atoms with E-state index in [1.165, 1.54) is 0 Å². The molecule has 0 spiro atoms. The predicted octanol–water partition coefficient (Wildman–Crippen LogP) is 4.35. The number of carbonyl (C=O) groups is 1. The van der Waals surface area contributed by atoms with Gasteiger partial charge in [-0.3, -0.25) is 9.78 Å². The van der Waals surface area contributed by atoms with Gasteiger partial charge in [0.25, 0.3) is 5.91 Å². The maximum Gasteiger partial charge on any atom is 0.416 e. The molecule has 2 rings (SSSR count). The summed E-state index contributed by atoms with van der Waals surface area (Å²) in [6.45, 7) is 7.88. The Labute approximate surface area is 138 Å². The molecular weight excluding hydrogens is 319 g/mol. The summed E-state index contributed by atoms with van der Waals surface area (Å²) in [4.78, 5) is 20.3. The van der Waals surface area contributed by atoms with Gasteiger partial charge in [-0.1, -0.05) is 26.8 Å². The van der Waals surface area contributed by atoms with Crippen molar-refractivity contribution in [2.75, 3.05) is 5.32 Å². The van der Waals surface area contributed by atoms with Gasteiger partial charge in [0.15, 0.2) is 0 Å². The van der Waals surface area contributed by atoms with Crippen LogP contribution in [0.4, 0.5) is 19.0 Å². The Kier molecular flexibility index (Phi) is 4.64. The van der Waals surface area contributed by atoms with Gasteiger partial charge >= 0.3 is 6.18 Å². The van der Waals surface area contributed by atoms with Gasteiger partial charge in [-0.15, -0.1) is 0 Å². The first-order chi connectivity index (χ1) is 11.0. The van der Waals surface area contributed by atoms with Crippen LogP contribution >= 0.6 is 0 Å². The summed E-state index contributed by atoms with van der Waals surface area (Å²) in [5, 5.41) is 2.50. The van der Waals surface area contributed by atoms with Crippen molar-refractivity contribution in [1.29, 1.82) is 0 Å². The van der Waals surface area contributed by atoms with Gasteiger partial charge in [0.1, 0.15) is 11.5 Å². The molecule has 1 amide bonds. The summed E-state index contributed by atoms with van der Waals surface area (Å²) in [5.41, 5.74) is 0.314. The quantitative estimate of drug-likeness (QED) is 0.886. The lowest BCUT2D eigenvalue weighted by atomic mass is 9.89. The van der Waals surface area contributed by atoms with Gasteiger partial charge in [-0.2, -0.15) is 13.2 Å². The highest BCUT2D eigenvalue weighted by Gasteiger charge is 2.31. The average molecular weight is 337 g/mol. The van der Waals surface area contributed by atoms with Crippen LogP contribution in [0.15, 0.2) is 30.5 Å². The van der Waals surface area contributed by atoms with Crippen molar-refractivity contribution in [2.45, 2.75) is 39.3 Å². The molecular formula is C17H18F3N3O. The number of nitrogens with one attached hydrogen (secondary N) is 1. The van der Waals surface area contributed by atoms with Crippen LogP contribution in [0, 0.1) is 6.92 Å². The molecule has 2 heterocycles. The van der Waals surface area contributed by atoms with Crippen LogP contribution in [-0.4, -0.2) is 15.9 Å². The van der Waals surface area contributed by atoms with Gasteiger partial charge in [0, 0.05) is 11.6 Å². The fourth-order valence-corrected chi connectivity index (χ4v) is 2.27. The summed E-state index contributed by atoms with van der Waals surface area (Å²) < 4.78 is 38.1. The molecule has 0 aliphatic carbocycles. The van der Waals surface area contributed by atoms with Crippen LogP contribution in [0.25, 0.3) is 0 Å². The minimum Gasteiger partial charge on any atom is -0.305 e. The molecule has 0 aliphatic rings. The highest BCUT2D eigenvalue weighted by atomic mass is 19.4. The predicted molar refractivity (Wildman–Crippen MR) is 84.9 cm³/mol. The Morgan fingerprint density at radius 1 is 1.12 bits per heavy atom. The second-order valence-corrected chi connectivity index (χ2v) is 6.49. The van der Waals surface area contributed by atoms with E-state index in [2.05, 4.69) is 15.3 Å². The van der Waals surface area contributed by atoms with Gasteiger partial charge in [-0.05, 0) is 30.7 Å². The molecule has 0 fully saturated rings. The molecule has 0 saturated heterocycles. The number of alkyl halides is 3. The van der Waals surface area contributed by atoms with Crippen LogP contribution in [-0.2, 0) is 11.6 Å². The molecule has 2 aromatic heterocycles. The summed E-state index contributed by atoms with van der Waals surface area (Å²) in [6.07, 6.45) is -3.57. The Balaban J connectivity index is 2.28. The molecule has 0 saturated carbocycles. The summed E-state index contributed by atoms with van der Waals surface area (Å²) in [7, 11) is 0. The lowest BCUT2D eigenvalue weighted by Gasteiger charge is -2.21. The number of rotatable bonds is 2. The topological polar surface area (TPSA) is 54.9 Å². The minimum absolute atomic E-state index is 0.223. The second kappa shape index (κ2) is 6.22. The SMILES string of the molecule is Cc1ccc(NC(=O)c2cc(C(F)(F)F)ccn2)nc1C(C)(C)C. The number of anilines is 1. The zero-order valence-electron chi connectivity index (χ0n) is 13.8. The normalized spacial score (nSPS) is 12.1. The van der Waals surface area contributed by atoms with E-state index in [0.29, 0.717) is 6.07 Å². The Morgan fingerprint density at radius 2 is 1.79 bits per heavy atom. The molecule has 0 atom stereocenters. The maximum atomic E-state index is 12.7. The van der Waals surface area contributed by atoms with E-state index in [0.717, 1.165) is 23.5 Å². The van der Waals surface area contributed by atoms with E-state index in [1.807, 2.05) is 33.8 Å². The number of hydrogen-bond acceptors (Lipinski definition) is 3. The third-order valence-electron chi connectivity index (χ3n) is 3.37. The van der Waals surface area contributed by atoms with Gasteiger partial charge < -0.3 is 5.32 Å². The number of halogens is 3. The zero-order chi connectivity index (χ0) is 18.1. The molecule has 0 unspecified atom stereocenters. The van der Waals surface area contributed by atoms with Crippen molar-refractivity contribution >= 4 is 11.7 Å². The van der Waals surface area contributed by atoms with Crippen molar-refractivity contribution in [3.8, 4) is 0 Å². The fraction of sp³-hybridized carbons (Fsp3) is 0.353. The van der Waals surface area contributed by atoms with Crippen molar-refractivity contribution in [3.63, 3.8) is 0 Å². The van der Waals surface area contributed by atoms with E-state index in [1.54, 1.807) is 6.07 Å². The Hall–Kier alpha value is -2.44. The average Bonchev–Trinajstić information content (AvgIpc) is 2.47. The van der Waals surface area contributed by atoms with E-state index in [9.17, 15) is 18.0 Å². The lowest BCUT2D eigenvalue weighted by Crippen LogP contribution is -2.20. The van der Waals surface area contributed by atoms with E-state index in [-0.39, 0.29) is 16.9 Å². The molecule has 1 N–H and O–H groups in total. The highest BCUT2D eigenvalue weighted by Crippen LogP contribution is 2.29.